The lowest BCUT2D eigenvalue weighted by Crippen LogP contribution is -2.32. The van der Waals surface area contributed by atoms with E-state index in [0.717, 1.165) is 0 Å². The van der Waals surface area contributed by atoms with Crippen LogP contribution < -0.4 is 5.32 Å². The summed E-state index contributed by atoms with van der Waals surface area (Å²) in [6, 6.07) is 6.14. The quantitative estimate of drug-likeness (QED) is 0.844. The fraction of sp³-hybridized carbons (Fsp3) is 0.250. The molecule has 0 unspecified atom stereocenters. The highest BCUT2D eigenvalue weighted by Gasteiger charge is 2.21. The van der Waals surface area contributed by atoms with Crippen molar-refractivity contribution in [3.63, 3.8) is 0 Å². The highest BCUT2D eigenvalue weighted by molar-refractivity contribution is 5.94. The highest BCUT2D eigenvalue weighted by Crippen LogP contribution is 2.18. The van der Waals surface area contributed by atoms with Crippen molar-refractivity contribution in [2.24, 2.45) is 5.92 Å². The average Bonchev–Trinajstić information content (AvgIpc) is 3.16. The van der Waals surface area contributed by atoms with E-state index in [1.165, 1.54) is 23.1 Å². The molecule has 0 bridgehead atoms. The van der Waals surface area contributed by atoms with Crippen LogP contribution in [-0.4, -0.2) is 33.4 Å². The van der Waals surface area contributed by atoms with Crippen LogP contribution in [0, 0.1) is 11.7 Å². The third kappa shape index (κ3) is 2.92. The minimum absolute atomic E-state index is 0.0775. The molecule has 0 fully saturated rings. The van der Waals surface area contributed by atoms with Crippen molar-refractivity contribution in [1.29, 1.82) is 0 Å². The summed E-state index contributed by atoms with van der Waals surface area (Å²) in [6.07, 6.45) is 7.36. The average molecular weight is 301 g/mol. The number of nitrogens with zero attached hydrogens (tertiary/aromatic N) is 2. The van der Waals surface area contributed by atoms with E-state index in [9.17, 15) is 9.18 Å². The summed E-state index contributed by atoms with van der Waals surface area (Å²) < 4.78 is 15.0. The highest BCUT2D eigenvalue weighted by atomic mass is 19.1. The predicted molar refractivity (Wildman–Crippen MR) is 79.1 cm³/mol. The van der Waals surface area contributed by atoms with E-state index in [-0.39, 0.29) is 24.5 Å². The van der Waals surface area contributed by atoms with Gasteiger partial charge in [0.1, 0.15) is 11.5 Å². The van der Waals surface area contributed by atoms with Crippen molar-refractivity contribution in [2.75, 3.05) is 6.61 Å². The first-order valence-electron chi connectivity index (χ1n) is 7.07. The maximum absolute atomic E-state index is 13.7. The van der Waals surface area contributed by atoms with Gasteiger partial charge in [-0.1, -0.05) is 24.3 Å². The van der Waals surface area contributed by atoms with E-state index in [1.807, 2.05) is 12.2 Å². The molecule has 0 saturated carbocycles. The van der Waals surface area contributed by atoms with Gasteiger partial charge in [-0.05, 0) is 18.6 Å². The first kappa shape index (κ1) is 14.5. The van der Waals surface area contributed by atoms with E-state index in [1.54, 1.807) is 18.2 Å². The summed E-state index contributed by atoms with van der Waals surface area (Å²) in [5.41, 5.74) is 0.659. The van der Waals surface area contributed by atoms with Gasteiger partial charge in [-0.2, -0.15) is 5.10 Å². The Morgan fingerprint density at radius 1 is 1.41 bits per heavy atom. The van der Waals surface area contributed by atoms with Crippen LogP contribution in [0.15, 0.2) is 48.8 Å². The SMILES string of the molecule is O=C(N[C@@H]1C=C[C@H](CO)C1)c1cnn(-c2ccccc2F)c1. The third-order valence-corrected chi connectivity index (χ3v) is 3.67. The van der Waals surface area contributed by atoms with Crippen LogP contribution in [0.1, 0.15) is 16.8 Å². The van der Waals surface area contributed by atoms with Crippen LogP contribution in [-0.2, 0) is 0 Å². The van der Waals surface area contributed by atoms with Crippen LogP contribution in [0.4, 0.5) is 4.39 Å². The van der Waals surface area contributed by atoms with Crippen LogP contribution >= 0.6 is 0 Å². The minimum Gasteiger partial charge on any atom is -0.396 e. The largest absolute Gasteiger partial charge is 0.396 e. The Morgan fingerprint density at radius 3 is 2.95 bits per heavy atom. The number of para-hydroxylation sites is 1. The zero-order valence-corrected chi connectivity index (χ0v) is 11.8. The van der Waals surface area contributed by atoms with Gasteiger partial charge in [0.05, 0.1) is 11.8 Å². The van der Waals surface area contributed by atoms with Gasteiger partial charge >= 0.3 is 0 Å². The number of rotatable bonds is 4. The summed E-state index contributed by atoms with van der Waals surface area (Å²) >= 11 is 0. The van der Waals surface area contributed by atoms with Crippen molar-refractivity contribution < 1.29 is 14.3 Å². The number of hydrogen-bond acceptors (Lipinski definition) is 3. The van der Waals surface area contributed by atoms with Gasteiger partial charge < -0.3 is 10.4 Å². The molecule has 3 rings (SSSR count). The Kier molecular flexibility index (Phi) is 4.02. The molecular formula is C16H16FN3O2. The summed E-state index contributed by atoms with van der Waals surface area (Å²) in [7, 11) is 0. The molecule has 5 nitrogen and oxygen atoms in total. The Labute approximate surface area is 127 Å². The van der Waals surface area contributed by atoms with Crippen LogP contribution in [0.3, 0.4) is 0 Å². The van der Waals surface area contributed by atoms with Crippen molar-refractivity contribution in [2.45, 2.75) is 12.5 Å². The first-order valence-corrected chi connectivity index (χ1v) is 7.07. The Morgan fingerprint density at radius 2 is 2.23 bits per heavy atom. The van der Waals surface area contributed by atoms with Gasteiger partial charge in [-0.25, -0.2) is 9.07 Å². The first-order chi connectivity index (χ1) is 10.7. The number of halogens is 1. The van der Waals surface area contributed by atoms with E-state index >= 15 is 0 Å². The number of aliphatic hydroxyl groups excluding tert-OH is 1. The monoisotopic (exact) mass is 301 g/mol. The molecule has 2 atom stereocenters. The zero-order valence-electron chi connectivity index (χ0n) is 11.8. The summed E-state index contributed by atoms with van der Waals surface area (Å²) in [5.74, 6) is -0.579. The summed E-state index contributed by atoms with van der Waals surface area (Å²) in [6.45, 7) is 0.0775. The van der Waals surface area contributed by atoms with Gasteiger partial charge in [0.25, 0.3) is 5.91 Å². The van der Waals surface area contributed by atoms with Crippen LogP contribution in [0.2, 0.25) is 0 Å². The number of carbonyl (C=O) groups excluding carboxylic acids is 1. The normalized spacial score (nSPS) is 20.3. The van der Waals surface area contributed by atoms with Crippen molar-refractivity contribution in [3.8, 4) is 5.69 Å². The maximum atomic E-state index is 13.7. The molecule has 6 heteroatoms. The molecule has 2 N–H and O–H groups in total. The Balaban J connectivity index is 1.70. The van der Waals surface area contributed by atoms with Gasteiger partial charge in [-0.3, -0.25) is 4.79 Å². The lowest BCUT2D eigenvalue weighted by atomic mass is 10.1. The summed E-state index contributed by atoms with van der Waals surface area (Å²) in [4.78, 5) is 12.2. The zero-order chi connectivity index (χ0) is 15.5. The smallest absolute Gasteiger partial charge is 0.254 e. The third-order valence-electron chi connectivity index (χ3n) is 3.67. The fourth-order valence-corrected chi connectivity index (χ4v) is 2.48. The van der Waals surface area contributed by atoms with Crippen molar-refractivity contribution in [3.05, 3.63) is 60.2 Å². The Hall–Kier alpha value is -2.47. The fourth-order valence-electron chi connectivity index (χ4n) is 2.48. The molecule has 0 radical (unpaired) electrons. The van der Waals surface area contributed by atoms with Gasteiger partial charge in [0.15, 0.2) is 0 Å². The molecule has 2 aromatic rings. The molecule has 0 saturated heterocycles. The molecule has 1 heterocycles. The number of nitrogens with one attached hydrogen (secondary N) is 1. The van der Waals surface area contributed by atoms with Gasteiger partial charge in [-0.15, -0.1) is 0 Å². The van der Waals surface area contributed by atoms with Crippen LogP contribution in [0.5, 0.6) is 0 Å². The molecule has 1 aliphatic rings. The predicted octanol–water partition coefficient (Wildman–Crippen LogP) is 1.68. The number of aliphatic hydroxyl groups is 1. The lowest BCUT2D eigenvalue weighted by Gasteiger charge is -2.11. The second-order valence-corrected chi connectivity index (χ2v) is 5.27. The molecule has 1 aliphatic carbocycles. The van der Waals surface area contributed by atoms with Crippen molar-refractivity contribution >= 4 is 5.91 Å². The molecule has 0 spiro atoms. The van der Waals surface area contributed by atoms with Gasteiger partial charge in [0.2, 0.25) is 0 Å². The number of hydrogen-bond donors (Lipinski definition) is 2. The van der Waals surface area contributed by atoms with Crippen LogP contribution in [0.25, 0.3) is 5.69 Å². The standard InChI is InChI=1S/C16H16FN3O2/c17-14-3-1-2-4-15(14)20-9-12(8-18-20)16(22)19-13-6-5-11(7-13)10-21/h1-6,8-9,11,13,21H,7,10H2,(H,19,22)/t11-,13+/m0/s1. The van der Waals surface area contributed by atoms with E-state index in [0.29, 0.717) is 17.7 Å². The summed E-state index contributed by atoms with van der Waals surface area (Å²) in [5, 5.41) is 16.0. The number of carbonyl (C=O) groups is 1. The molecule has 1 aromatic carbocycles. The van der Waals surface area contributed by atoms with E-state index < -0.39 is 5.82 Å². The lowest BCUT2D eigenvalue weighted by molar-refractivity contribution is 0.0941. The molecular weight excluding hydrogens is 285 g/mol. The van der Waals surface area contributed by atoms with E-state index in [4.69, 9.17) is 5.11 Å². The molecule has 0 aliphatic heterocycles. The maximum Gasteiger partial charge on any atom is 0.254 e. The number of amides is 1. The molecule has 22 heavy (non-hydrogen) atoms. The topological polar surface area (TPSA) is 67.2 Å². The minimum atomic E-state index is -0.401. The molecule has 1 aromatic heterocycles. The van der Waals surface area contributed by atoms with Gasteiger partial charge in [0, 0.05) is 24.8 Å². The molecule has 114 valence electrons. The van der Waals surface area contributed by atoms with Crippen molar-refractivity contribution in [1.82, 2.24) is 15.1 Å². The second kappa shape index (κ2) is 6.11. The Bertz CT molecular complexity index is 711. The van der Waals surface area contributed by atoms with E-state index in [2.05, 4.69) is 10.4 Å². The second-order valence-electron chi connectivity index (χ2n) is 5.27. The number of aromatic nitrogens is 2. The number of benzene rings is 1. The molecule has 1 amide bonds.